The van der Waals surface area contributed by atoms with Crippen molar-refractivity contribution in [3.8, 4) is 5.75 Å². The van der Waals surface area contributed by atoms with Gasteiger partial charge in [-0.15, -0.1) is 0 Å². The zero-order chi connectivity index (χ0) is 16.2. The summed E-state index contributed by atoms with van der Waals surface area (Å²) in [5, 5.41) is 8.71. The summed E-state index contributed by atoms with van der Waals surface area (Å²) in [6.07, 6.45) is 2.41. The highest BCUT2D eigenvalue weighted by Gasteiger charge is 2.23. The summed E-state index contributed by atoms with van der Waals surface area (Å²) in [5.74, 6) is 0.0862. The van der Waals surface area contributed by atoms with Gasteiger partial charge in [-0.3, -0.25) is 0 Å². The number of sulfonamides is 1. The van der Waals surface area contributed by atoms with E-state index in [9.17, 15) is 12.8 Å². The first-order valence-electron chi connectivity index (χ1n) is 7.44. The van der Waals surface area contributed by atoms with Gasteiger partial charge in [0, 0.05) is 12.6 Å². The van der Waals surface area contributed by atoms with Crippen LogP contribution in [0.3, 0.4) is 0 Å². The van der Waals surface area contributed by atoms with E-state index >= 15 is 0 Å². The highest BCUT2D eigenvalue weighted by atomic mass is 32.2. The molecule has 0 saturated heterocycles. The lowest BCUT2D eigenvalue weighted by Crippen LogP contribution is -2.29. The van der Waals surface area contributed by atoms with Gasteiger partial charge in [0.2, 0.25) is 10.0 Å². The quantitative estimate of drug-likeness (QED) is 0.725. The first-order chi connectivity index (χ1) is 10.4. The van der Waals surface area contributed by atoms with Gasteiger partial charge in [0.25, 0.3) is 0 Å². The van der Waals surface area contributed by atoms with Crippen LogP contribution in [-0.2, 0) is 10.0 Å². The number of aliphatic hydroxyl groups excluding tert-OH is 1. The molecule has 22 heavy (non-hydrogen) atoms. The Balaban J connectivity index is 2.01. The molecular weight excluding hydrogens is 309 g/mol. The predicted octanol–water partition coefficient (Wildman–Crippen LogP) is 1.98. The molecule has 1 aromatic rings. The average Bonchev–Trinajstić information content (AvgIpc) is 3.28. The summed E-state index contributed by atoms with van der Waals surface area (Å²) in [6, 6.07) is 3.87. The van der Waals surface area contributed by atoms with Crippen LogP contribution < -0.4 is 9.46 Å². The first kappa shape index (κ1) is 17.2. The summed E-state index contributed by atoms with van der Waals surface area (Å²) in [4.78, 5) is 0. The van der Waals surface area contributed by atoms with Crippen LogP contribution in [0.25, 0.3) is 0 Å². The topological polar surface area (TPSA) is 75.6 Å². The minimum absolute atomic E-state index is 0.139. The Labute approximate surface area is 130 Å². The first-order valence-corrected chi connectivity index (χ1v) is 9.09. The largest absolute Gasteiger partial charge is 0.490 e. The molecule has 5 nitrogen and oxygen atoms in total. The monoisotopic (exact) mass is 331 g/mol. The summed E-state index contributed by atoms with van der Waals surface area (Å²) >= 11 is 0. The SMILES string of the molecule is C[C@@H](NS(=O)(=O)CCCO)c1ccc(F)c(OCC2CC2)c1. The van der Waals surface area contributed by atoms with Crippen molar-refractivity contribution in [1.29, 1.82) is 0 Å². The highest BCUT2D eigenvalue weighted by Crippen LogP contribution is 2.31. The van der Waals surface area contributed by atoms with E-state index in [0.29, 0.717) is 18.1 Å². The lowest BCUT2D eigenvalue weighted by Gasteiger charge is -2.16. The Morgan fingerprint density at radius 1 is 1.45 bits per heavy atom. The highest BCUT2D eigenvalue weighted by molar-refractivity contribution is 7.89. The summed E-state index contributed by atoms with van der Waals surface area (Å²) in [5.41, 5.74) is 0.639. The molecule has 1 aliphatic carbocycles. The van der Waals surface area contributed by atoms with Gasteiger partial charge in [-0.25, -0.2) is 17.5 Å². The maximum Gasteiger partial charge on any atom is 0.212 e. The number of rotatable bonds is 9. The predicted molar refractivity (Wildman–Crippen MR) is 81.7 cm³/mol. The van der Waals surface area contributed by atoms with Crippen LogP contribution >= 0.6 is 0 Å². The molecule has 1 saturated carbocycles. The van der Waals surface area contributed by atoms with Crippen molar-refractivity contribution in [3.63, 3.8) is 0 Å². The molecule has 0 bridgehead atoms. The second-order valence-electron chi connectivity index (χ2n) is 5.68. The van der Waals surface area contributed by atoms with E-state index in [0.717, 1.165) is 12.8 Å². The zero-order valence-corrected chi connectivity index (χ0v) is 13.4. The van der Waals surface area contributed by atoms with Crippen LogP contribution in [0.2, 0.25) is 0 Å². The third-order valence-electron chi connectivity index (χ3n) is 3.55. The number of nitrogens with one attached hydrogen (secondary N) is 1. The second-order valence-corrected chi connectivity index (χ2v) is 7.55. The number of hydrogen-bond donors (Lipinski definition) is 2. The van der Waals surface area contributed by atoms with Crippen LogP contribution in [0.1, 0.15) is 37.8 Å². The zero-order valence-electron chi connectivity index (χ0n) is 12.6. The Hall–Kier alpha value is -1.18. The Morgan fingerprint density at radius 2 is 2.18 bits per heavy atom. The normalized spacial score (nSPS) is 16.5. The molecule has 0 spiro atoms. The van der Waals surface area contributed by atoms with E-state index in [1.54, 1.807) is 13.0 Å². The Morgan fingerprint density at radius 3 is 2.82 bits per heavy atom. The summed E-state index contributed by atoms with van der Waals surface area (Å²) in [7, 11) is -3.47. The molecular formula is C15H22FNO4S. The van der Waals surface area contributed by atoms with Crippen LogP contribution in [-0.4, -0.2) is 32.5 Å². The molecule has 1 atom stereocenters. The molecule has 1 aliphatic rings. The van der Waals surface area contributed by atoms with Gasteiger partial charge in [0.05, 0.1) is 12.4 Å². The van der Waals surface area contributed by atoms with E-state index in [2.05, 4.69) is 4.72 Å². The average molecular weight is 331 g/mol. The molecule has 7 heteroatoms. The van der Waals surface area contributed by atoms with Crippen LogP contribution in [0.15, 0.2) is 18.2 Å². The van der Waals surface area contributed by atoms with Gasteiger partial charge in [0.1, 0.15) is 0 Å². The maximum absolute atomic E-state index is 13.7. The summed E-state index contributed by atoms with van der Waals surface area (Å²) < 4.78 is 45.3. The van der Waals surface area contributed by atoms with Gasteiger partial charge in [-0.2, -0.15) is 0 Å². The van der Waals surface area contributed by atoms with Crippen LogP contribution in [0, 0.1) is 11.7 Å². The van der Waals surface area contributed by atoms with E-state index in [4.69, 9.17) is 9.84 Å². The Bertz CT molecular complexity index is 602. The molecule has 0 aromatic heterocycles. The Kier molecular flexibility index (Phi) is 5.77. The molecule has 124 valence electrons. The number of benzene rings is 1. The van der Waals surface area contributed by atoms with Crippen molar-refractivity contribution in [2.75, 3.05) is 19.0 Å². The smallest absolute Gasteiger partial charge is 0.212 e. The van der Waals surface area contributed by atoms with Gasteiger partial charge in [-0.05, 0) is 49.8 Å². The van der Waals surface area contributed by atoms with Crippen molar-refractivity contribution in [2.24, 2.45) is 5.92 Å². The van der Waals surface area contributed by atoms with Crippen molar-refractivity contribution >= 4 is 10.0 Å². The second kappa shape index (κ2) is 7.39. The number of halogens is 1. The lowest BCUT2D eigenvalue weighted by atomic mass is 10.1. The minimum atomic E-state index is -3.47. The number of aliphatic hydroxyl groups is 1. The molecule has 1 aromatic carbocycles. The maximum atomic E-state index is 13.7. The molecule has 0 amide bonds. The molecule has 2 N–H and O–H groups in total. The van der Waals surface area contributed by atoms with Crippen molar-refractivity contribution < 1.29 is 22.7 Å². The van der Waals surface area contributed by atoms with E-state index in [1.165, 1.54) is 12.1 Å². The molecule has 2 rings (SSSR count). The van der Waals surface area contributed by atoms with Crippen LogP contribution in [0.4, 0.5) is 4.39 Å². The third-order valence-corrected chi connectivity index (χ3v) is 5.09. The molecule has 1 fully saturated rings. The minimum Gasteiger partial charge on any atom is -0.490 e. The standard InChI is InChI=1S/C15H22FNO4S/c1-11(17-22(19,20)8-2-7-18)13-5-6-14(16)15(9-13)21-10-12-3-4-12/h5-6,9,11-12,17-18H,2-4,7-8,10H2,1H3/t11-/m1/s1. The van der Waals surface area contributed by atoms with Gasteiger partial charge >= 0.3 is 0 Å². The molecule has 0 unspecified atom stereocenters. The fourth-order valence-corrected chi connectivity index (χ4v) is 3.34. The molecule has 0 heterocycles. The van der Waals surface area contributed by atoms with Crippen molar-refractivity contribution in [3.05, 3.63) is 29.6 Å². The van der Waals surface area contributed by atoms with E-state index in [-0.39, 0.29) is 24.5 Å². The van der Waals surface area contributed by atoms with Crippen LogP contribution in [0.5, 0.6) is 5.75 Å². The molecule has 0 aliphatic heterocycles. The summed E-state index contributed by atoms with van der Waals surface area (Å²) in [6.45, 7) is 2.01. The van der Waals surface area contributed by atoms with Gasteiger partial charge < -0.3 is 9.84 Å². The molecule has 0 radical (unpaired) electrons. The van der Waals surface area contributed by atoms with Crippen molar-refractivity contribution in [1.82, 2.24) is 4.72 Å². The van der Waals surface area contributed by atoms with Gasteiger partial charge in [0.15, 0.2) is 11.6 Å². The number of ether oxygens (including phenoxy) is 1. The van der Waals surface area contributed by atoms with E-state index < -0.39 is 21.9 Å². The fourth-order valence-electron chi connectivity index (χ4n) is 2.04. The van der Waals surface area contributed by atoms with Crippen molar-refractivity contribution in [2.45, 2.75) is 32.2 Å². The third kappa shape index (κ3) is 5.23. The van der Waals surface area contributed by atoms with Gasteiger partial charge in [-0.1, -0.05) is 6.07 Å². The number of hydrogen-bond acceptors (Lipinski definition) is 4. The lowest BCUT2D eigenvalue weighted by molar-refractivity contribution is 0.285. The van der Waals surface area contributed by atoms with E-state index in [1.807, 2.05) is 0 Å². The fraction of sp³-hybridized carbons (Fsp3) is 0.600.